The smallest absolute Gasteiger partial charge is 0.0428 e. The molecule has 2 aromatic carbocycles. The molecule has 0 radical (unpaired) electrons. The summed E-state index contributed by atoms with van der Waals surface area (Å²) in [5, 5.41) is 0. The third kappa shape index (κ3) is 3.15. The summed E-state index contributed by atoms with van der Waals surface area (Å²) in [6.45, 7) is 5.76. The molecule has 0 amide bonds. The molecule has 0 bridgehead atoms. The van der Waals surface area contributed by atoms with Crippen molar-refractivity contribution in [3.05, 3.63) is 64.7 Å². The third-order valence-electron chi connectivity index (χ3n) is 3.54. The van der Waals surface area contributed by atoms with E-state index in [2.05, 4.69) is 68.3 Å². The first-order valence-electron chi connectivity index (χ1n) is 6.67. The quantitative estimate of drug-likeness (QED) is 0.906. The van der Waals surface area contributed by atoms with Gasteiger partial charge in [0.15, 0.2) is 0 Å². The molecule has 2 heteroatoms. The fourth-order valence-corrected chi connectivity index (χ4v) is 2.33. The van der Waals surface area contributed by atoms with Crippen molar-refractivity contribution in [1.82, 2.24) is 0 Å². The van der Waals surface area contributed by atoms with Gasteiger partial charge in [-0.1, -0.05) is 36.4 Å². The van der Waals surface area contributed by atoms with Crippen LogP contribution in [0.3, 0.4) is 0 Å². The highest BCUT2D eigenvalue weighted by Gasteiger charge is 2.08. The van der Waals surface area contributed by atoms with Gasteiger partial charge in [0.1, 0.15) is 0 Å². The molecule has 2 N–H and O–H groups in total. The molecule has 0 atom stereocenters. The first-order chi connectivity index (χ1) is 9.11. The Morgan fingerprint density at radius 1 is 1.00 bits per heavy atom. The maximum atomic E-state index is 5.84. The average molecular weight is 254 g/mol. The Bertz CT molecular complexity index is 561. The van der Waals surface area contributed by atoms with E-state index in [1.807, 2.05) is 0 Å². The van der Waals surface area contributed by atoms with Crippen molar-refractivity contribution in [2.45, 2.75) is 26.9 Å². The molecule has 2 rings (SSSR count). The molecule has 0 fully saturated rings. The number of anilines is 1. The summed E-state index contributed by atoms with van der Waals surface area (Å²) in [5.74, 6) is 0. The van der Waals surface area contributed by atoms with E-state index in [0.29, 0.717) is 6.54 Å². The summed E-state index contributed by atoms with van der Waals surface area (Å²) in [7, 11) is 2.13. The molecule has 19 heavy (non-hydrogen) atoms. The molecular formula is C17H22N2. The Kier molecular flexibility index (Phi) is 4.23. The van der Waals surface area contributed by atoms with Gasteiger partial charge in [0.2, 0.25) is 0 Å². The van der Waals surface area contributed by atoms with Crippen LogP contribution in [-0.4, -0.2) is 7.05 Å². The molecule has 0 aliphatic carbocycles. The number of hydrogen-bond acceptors (Lipinski definition) is 2. The second-order valence-corrected chi connectivity index (χ2v) is 5.12. The zero-order chi connectivity index (χ0) is 13.8. The predicted molar refractivity (Wildman–Crippen MR) is 82.4 cm³/mol. The highest BCUT2D eigenvalue weighted by atomic mass is 15.1. The van der Waals surface area contributed by atoms with Gasteiger partial charge in [-0.15, -0.1) is 0 Å². The van der Waals surface area contributed by atoms with Crippen molar-refractivity contribution >= 4 is 5.69 Å². The van der Waals surface area contributed by atoms with E-state index >= 15 is 0 Å². The van der Waals surface area contributed by atoms with Crippen molar-refractivity contribution in [3.63, 3.8) is 0 Å². The Labute approximate surface area is 115 Å². The fraction of sp³-hybridized carbons (Fsp3) is 0.294. The third-order valence-corrected chi connectivity index (χ3v) is 3.54. The van der Waals surface area contributed by atoms with E-state index in [-0.39, 0.29) is 0 Å². The maximum Gasteiger partial charge on any atom is 0.0428 e. The summed E-state index contributed by atoms with van der Waals surface area (Å²) >= 11 is 0. The van der Waals surface area contributed by atoms with Crippen molar-refractivity contribution in [1.29, 1.82) is 0 Å². The van der Waals surface area contributed by atoms with Crippen LogP contribution in [0.15, 0.2) is 42.5 Å². The largest absolute Gasteiger partial charge is 0.370 e. The second kappa shape index (κ2) is 5.89. The lowest BCUT2D eigenvalue weighted by Gasteiger charge is -2.23. The van der Waals surface area contributed by atoms with Crippen LogP contribution < -0.4 is 10.6 Å². The first-order valence-corrected chi connectivity index (χ1v) is 6.67. The van der Waals surface area contributed by atoms with E-state index < -0.39 is 0 Å². The minimum absolute atomic E-state index is 0.577. The van der Waals surface area contributed by atoms with Gasteiger partial charge in [0.05, 0.1) is 0 Å². The molecule has 0 saturated heterocycles. The maximum absolute atomic E-state index is 5.84. The number of rotatable bonds is 4. The molecule has 2 aromatic rings. The SMILES string of the molecule is Cc1ccc(CN)c(N(C)Cc2ccccc2C)c1. The van der Waals surface area contributed by atoms with Crippen molar-refractivity contribution in [2.24, 2.45) is 5.73 Å². The van der Waals surface area contributed by atoms with Crippen LogP contribution >= 0.6 is 0 Å². The summed E-state index contributed by atoms with van der Waals surface area (Å²) in [6, 6.07) is 15.0. The zero-order valence-corrected chi connectivity index (χ0v) is 12.0. The zero-order valence-electron chi connectivity index (χ0n) is 12.0. The van der Waals surface area contributed by atoms with Gasteiger partial charge >= 0.3 is 0 Å². The van der Waals surface area contributed by atoms with Gasteiger partial charge in [-0.3, -0.25) is 0 Å². The highest BCUT2D eigenvalue weighted by Crippen LogP contribution is 2.23. The van der Waals surface area contributed by atoms with Gasteiger partial charge < -0.3 is 10.6 Å². The summed E-state index contributed by atoms with van der Waals surface area (Å²) < 4.78 is 0. The van der Waals surface area contributed by atoms with E-state index in [9.17, 15) is 0 Å². The van der Waals surface area contributed by atoms with Crippen LogP contribution in [0.1, 0.15) is 22.3 Å². The molecular weight excluding hydrogens is 232 g/mol. The number of nitrogens with two attached hydrogens (primary N) is 1. The minimum atomic E-state index is 0.577. The van der Waals surface area contributed by atoms with Crippen LogP contribution in [0.4, 0.5) is 5.69 Å². The Morgan fingerprint density at radius 2 is 1.74 bits per heavy atom. The second-order valence-electron chi connectivity index (χ2n) is 5.12. The summed E-state index contributed by atoms with van der Waals surface area (Å²) in [4.78, 5) is 2.28. The van der Waals surface area contributed by atoms with Crippen molar-refractivity contribution in [2.75, 3.05) is 11.9 Å². The van der Waals surface area contributed by atoms with Gasteiger partial charge in [0.25, 0.3) is 0 Å². The Balaban J connectivity index is 2.27. The van der Waals surface area contributed by atoms with Crippen LogP contribution in [-0.2, 0) is 13.1 Å². The Hall–Kier alpha value is -1.80. The standard InChI is InChI=1S/C17H22N2/c1-13-8-9-15(11-18)17(10-13)19(3)12-16-7-5-4-6-14(16)2/h4-10H,11-12,18H2,1-3H3. The van der Waals surface area contributed by atoms with Gasteiger partial charge in [0, 0.05) is 25.8 Å². The van der Waals surface area contributed by atoms with E-state index in [1.54, 1.807) is 0 Å². The molecule has 0 aliphatic rings. The Morgan fingerprint density at radius 3 is 2.42 bits per heavy atom. The lowest BCUT2D eigenvalue weighted by atomic mass is 10.1. The first kappa shape index (κ1) is 13.6. The molecule has 0 saturated carbocycles. The lowest BCUT2D eigenvalue weighted by Crippen LogP contribution is -2.19. The molecule has 0 aliphatic heterocycles. The summed E-state index contributed by atoms with van der Waals surface area (Å²) in [6.07, 6.45) is 0. The molecule has 0 aromatic heterocycles. The molecule has 0 spiro atoms. The molecule has 0 heterocycles. The van der Waals surface area contributed by atoms with Crippen LogP contribution in [0.2, 0.25) is 0 Å². The van der Waals surface area contributed by atoms with Gasteiger partial charge in [-0.2, -0.15) is 0 Å². The van der Waals surface area contributed by atoms with Gasteiger partial charge in [-0.05, 0) is 42.2 Å². The van der Waals surface area contributed by atoms with Gasteiger partial charge in [-0.25, -0.2) is 0 Å². The number of nitrogens with zero attached hydrogens (tertiary/aromatic N) is 1. The van der Waals surface area contributed by atoms with E-state index in [1.165, 1.54) is 27.9 Å². The highest BCUT2D eigenvalue weighted by molar-refractivity contribution is 5.55. The van der Waals surface area contributed by atoms with E-state index in [0.717, 1.165) is 6.54 Å². The topological polar surface area (TPSA) is 29.3 Å². The minimum Gasteiger partial charge on any atom is -0.370 e. The van der Waals surface area contributed by atoms with Crippen molar-refractivity contribution < 1.29 is 0 Å². The average Bonchev–Trinajstić information content (AvgIpc) is 2.41. The normalized spacial score (nSPS) is 10.5. The number of benzene rings is 2. The summed E-state index contributed by atoms with van der Waals surface area (Å²) in [5.41, 5.74) is 12.2. The number of hydrogen-bond donors (Lipinski definition) is 1. The molecule has 2 nitrogen and oxygen atoms in total. The fourth-order valence-electron chi connectivity index (χ4n) is 2.33. The predicted octanol–water partition coefficient (Wildman–Crippen LogP) is 3.40. The van der Waals surface area contributed by atoms with Crippen LogP contribution in [0, 0.1) is 13.8 Å². The van der Waals surface area contributed by atoms with Crippen LogP contribution in [0.5, 0.6) is 0 Å². The van der Waals surface area contributed by atoms with Crippen molar-refractivity contribution in [3.8, 4) is 0 Å². The van der Waals surface area contributed by atoms with Crippen LogP contribution in [0.25, 0.3) is 0 Å². The molecule has 0 unspecified atom stereocenters. The van der Waals surface area contributed by atoms with E-state index in [4.69, 9.17) is 5.73 Å². The lowest BCUT2D eigenvalue weighted by molar-refractivity contribution is 0.895. The molecule has 100 valence electrons. The monoisotopic (exact) mass is 254 g/mol. The number of aryl methyl sites for hydroxylation is 2.